The van der Waals surface area contributed by atoms with Gasteiger partial charge in [-0.2, -0.15) is 0 Å². The molecule has 0 saturated carbocycles. The Morgan fingerprint density at radius 1 is 1.37 bits per heavy atom. The van der Waals surface area contributed by atoms with Crippen molar-refractivity contribution in [1.82, 2.24) is 9.88 Å². The monoisotopic (exact) mass is 264 g/mol. The van der Waals surface area contributed by atoms with Gasteiger partial charge in [0.25, 0.3) is 0 Å². The number of likely N-dealkylation sites (tertiary alicyclic amines) is 1. The van der Waals surface area contributed by atoms with Crippen LogP contribution in [-0.4, -0.2) is 40.8 Å². The standard InChI is InChI=1S/C14H20N2O3/c1-10-5-6-12(15-7-10)18-11-8-16(9-11)13(17)19-14(2,3)4/h5-7,11H,8-9H2,1-4H3. The molecule has 1 aliphatic rings. The van der Waals surface area contributed by atoms with Crippen molar-refractivity contribution >= 4 is 6.09 Å². The zero-order valence-electron chi connectivity index (χ0n) is 11.8. The van der Waals surface area contributed by atoms with E-state index in [1.807, 2.05) is 39.8 Å². The third kappa shape index (κ3) is 3.84. The fourth-order valence-corrected chi connectivity index (χ4v) is 1.68. The zero-order chi connectivity index (χ0) is 14.0. The molecule has 2 rings (SSSR count). The van der Waals surface area contributed by atoms with Crippen molar-refractivity contribution in [2.75, 3.05) is 13.1 Å². The van der Waals surface area contributed by atoms with Crippen LogP contribution in [0.2, 0.25) is 0 Å². The molecule has 5 heteroatoms. The summed E-state index contributed by atoms with van der Waals surface area (Å²) in [6.07, 6.45) is 1.48. The maximum absolute atomic E-state index is 11.7. The molecular formula is C14H20N2O3. The lowest BCUT2D eigenvalue weighted by Gasteiger charge is -2.39. The van der Waals surface area contributed by atoms with Crippen molar-refractivity contribution in [3.05, 3.63) is 23.9 Å². The molecule has 104 valence electrons. The number of nitrogens with zero attached hydrogens (tertiary/aromatic N) is 2. The molecule has 5 nitrogen and oxygen atoms in total. The van der Waals surface area contributed by atoms with Gasteiger partial charge < -0.3 is 14.4 Å². The predicted octanol–water partition coefficient (Wildman–Crippen LogP) is 2.39. The Morgan fingerprint density at radius 2 is 2.05 bits per heavy atom. The van der Waals surface area contributed by atoms with Crippen LogP contribution in [0.3, 0.4) is 0 Å². The Labute approximate surface area is 113 Å². The van der Waals surface area contributed by atoms with E-state index in [1.54, 1.807) is 11.1 Å². The van der Waals surface area contributed by atoms with Gasteiger partial charge in [0.2, 0.25) is 5.88 Å². The van der Waals surface area contributed by atoms with E-state index in [0.29, 0.717) is 19.0 Å². The Kier molecular flexibility index (Phi) is 3.64. The Morgan fingerprint density at radius 3 is 2.58 bits per heavy atom. The van der Waals surface area contributed by atoms with Gasteiger partial charge in [-0.15, -0.1) is 0 Å². The van der Waals surface area contributed by atoms with Crippen LogP contribution in [0, 0.1) is 6.92 Å². The van der Waals surface area contributed by atoms with Crippen LogP contribution in [0.4, 0.5) is 4.79 Å². The molecule has 1 aromatic rings. The number of hydrogen-bond donors (Lipinski definition) is 0. The number of pyridine rings is 1. The Hall–Kier alpha value is -1.78. The second-order valence-electron chi connectivity index (χ2n) is 5.80. The van der Waals surface area contributed by atoms with E-state index in [2.05, 4.69) is 4.98 Å². The van der Waals surface area contributed by atoms with Gasteiger partial charge in [-0.1, -0.05) is 6.07 Å². The number of aromatic nitrogens is 1. The Bertz CT molecular complexity index is 445. The van der Waals surface area contributed by atoms with Crippen molar-refractivity contribution in [3.63, 3.8) is 0 Å². The molecule has 2 heterocycles. The first-order chi connectivity index (χ1) is 8.83. The molecule has 0 aliphatic carbocycles. The number of carbonyl (C=O) groups excluding carboxylic acids is 1. The summed E-state index contributed by atoms with van der Waals surface area (Å²) in [6, 6.07) is 3.79. The number of amides is 1. The first-order valence-corrected chi connectivity index (χ1v) is 6.41. The van der Waals surface area contributed by atoms with E-state index >= 15 is 0 Å². The van der Waals surface area contributed by atoms with Gasteiger partial charge in [0.05, 0.1) is 13.1 Å². The van der Waals surface area contributed by atoms with Crippen LogP contribution in [0.1, 0.15) is 26.3 Å². The van der Waals surface area contributed by atoms with E-state index in [9.17, 15) is 4.79 Å². The van der Waals surface area contributed by atoms with Gasteiger partial charge in [0, 0.05) is 12.3 Å². The fourth-order valence-electron chi connectivity index (χ4n) is 1.68. The fraction of sp³-hybridized carbons (Fsp3) is 0.571. The van der Waals surface area contributed by atoms with Gasteiger partial charge in [-0.25, -0.2) is 9.78 Å². The Balaban J connectivity index is 1.77. The van der Waals surface area contributed by atoms with Crippen LogP contribution in [0.15, 0.2) is 18.3 Å². The molecular weight excluding hydrogens is 244 g/mol. The second-order valence-corrected chi connectivity index (χ2v) is 5.80. The molecule has 0 spiro atoms. The van der Waals surface area contributed by atoms with E-state index in [0.717, 1.165) is 5.56 Å². The van der Waals surface area contributed by atoms with Gasteiger partial charge in [-0.3, -0.25) is 0 Å². The van der Waals surface area contributed by atoms with Crippen molar-refractivity contribution in [2.24, 2.45) is 0 Å². The van der Waals surface area contributed by atoms with Crippen molar-refractivity contribution in [3.8, 4) is 5.88 Å². The van der Waals surface area contributed by atoms with Gasteiger partial charge in [-0.05, 0) is 33.3 Å². The highest BCUT2D eigenvalue weighted by molar-refractivity contribution is 5.69. The number of aryl methyl sites for hydroxylation is 1. The molecule has 0 unspecified atom stereocenters. The van der Waals surface area contributed by atoms with Crippen LogP contribution in [-0.2, 0) is 4.74 Å². The summed E-state index contributed by atoms with van der Waals surface area (Å²) < 4.78 is 10.9. The lowest BCUT2D eigenvalue weighted by atomic mass is 10.2. The van der Waals surface area contributed by atoms with Crippen molar-refractivity contribution in [1.29, 1.82) is 0 Å². The quantitative estimate of drug-likeness (QED) is 0.823. The van der Waals surface area contributed by atoms with Gasteiger partial charge >= 0.3 is 6.09 Å². The summed E-state index contributed by atoms with van der Waals surface area (Å²) in [4.78, 5) is 17.5. The second kappa shape index (κ2) is 5.07. The molecule has 1 aromatic heterocycles. The molecule has 19 heavy (non-hydrogen) atoms. The summed E-state index contributed by atoms with van der Waals surface area (Å²) in [6.45, 7) is 8.64. The molecule has 0 N–H and O–H groups in total. The third-order valence-corrected chi connectivity index (χ3v) is 2.67. The zero-order valence-corrected chi connectivity index (χ0v) is 11.8. The normalized spacial score (nSPS) is 15.9. The van der Waals surface area contributed by atoms with E-state index in [1.165, 1.54) is 0 Å². The number of carbonyl (C=O) groups is 1. The lowest BCUT2D eigenvalue weighted by molar-refractivity contribution is -0.0232. The highest BCUT2D eigenvalue weighted by Crippen LogP contribution is 2.19. The summed E-state index contributed by atoms with van der Waals surface area (Å²) in [5, 5.41) is 0. The molecule has 0 radical (unpaired) electrons. The first-order valence-electron chi connectivity index (χ1n) is 6.41. The average molecular weight is 264 g/mol. The summed E-state index contributed by atoms with van der Waals surface area (Å²) in [7, 11) is 0. The maximum atomic E-state index is 11.7. The number of rotatable bonds is 2. The predicted molar refractivity (Wildman–Crippen MR) is 71.2 cm³/mol. The number of hydrogen-bond acceptors (Lipinski definition) is 4. The van der Waals surface area contributed by atoms with Crippen LogP contribution >= 0.6 is 0 Å². The smallest absolute Gasteiger partial charge is 0.410 e. The average Bonchev–Trinajstić information content (AvgIpc) is 2.22. The largest absolute Gasteiger partial charge is 0.471 e. The molecule has 1 aliphatic heterocycles. The summed E-state index contributed by atoms with van der Waals surface area (Å²) >= 11 is 0. The number of ether oxygens (including phenoxy) is 2. The molecule has 1 amide bonds. The molecule has 0 atom stereocenters. The van der Waals surface area contributed by atoms with Crippen LogP contribution < -0.4 is 4.74 Å². The minimum Gasteiger partial charge on any atom is -0.471 e. The molecule has 0 bridgehead atoms. The van der Waals surface area contributed by atoms with Crippen molar-refractivity contribution in [2.45, 2.75) is 39.4 Å². The lowest BCUT2D eigenvalue weighted by Crippen LogP contribution is -2.57. The topological polar surface area (TPSA) is 51.7 Å². The highest BCUT2D eigenvalue weighted by Gasteiger charge is 2.35. The first kappa shape index (κ1) is 13.6. The molecule has 1 fully saturated rings. The highest BCUT2D eigenvalue weighted by atomic mass is 16.6. The van der Waals surface area contributed by atoms with Gasteiger partial charge in [0.1, 0.15) is 11.7 Å². The van der Waals surface area contributed by atoms with Crippen LogP contribution in [0.25, 0.3) is 0 Å². The third-order valence-electron chi connectivity index (χ3n) is 2.67. The summed E-state index contributed by atoms with van der Waals surface area (Å²) in [5.41, 5.74) is 0.637. The van der Waals surface area contributed by atoms with E-state index < -0.39 is 5.60 Å². The minimum atomic E-state index is -0.457. The molecule has 0 aromatic carbocycles. The van der Waals surface area contributed by atoms with E-state index in [-0.39, 0.29) is 12.2 Å². The van der Waals surface area contributed by atoms with Crippen LogP contribution in [0.5, 0.6) is 5.88 Å². The maximum Gasteiger partial charge on any atom is 0.410 e. The molecule has 1 saturated heterocycles. The van der Waals surface area contributed by atoms with Crippen molar-refractivity contribution < 1.29 is 14.3 Å². The van der Waals surface area contributed by atoms with E-state index in [4.69, 9.17) is 9.47 Å². The van der Waals surface area contributed by atoms with Gasteiger partial charge in [0.15, 0.2) is 0 Å². The minimum absolute atomic E-state index is 0.00252. The summed E-state index contributed by atoms with van der Waals surface area (Å²) in [5.74, 6) is 0.597. The SMILES string of the molecule is Cc1ccc(OC2CN(C(=O)OC(C)(C)C)C2)nc1.